The van der Waals surface area contributed by atoms with Gasteiger partial charge in [-0.2, -0.15) is 0 Å². The Morgan fingerprint density at radius 2 is 0.691 bits per heavy atom. The van der Waals surface area contributed by atoms with Gasteiger partial charge < -0.3 is 4.42 Å². The number of hydrogen-bond acceptors (Lipinski definition) is 4. The first-order chi connectivity index (χ1) is 27.3. The largest absolute Gasteiger partial charge is 0.455 e. The molecule has 55 heavy (non-hydrogen) atoms. The first-order valence-electron chi connectivity index (χ1n) is 18.4. The molecule has 0 amide bonds. The van der Waals surface area contributed by atoms with Crippen LogP contribution in [-0.4, -0.2) is 15.0 Å². The van der Waals surface area contributed by atoms with E-state index in [-0.39, 0.29) is 0 Å². The van der Waals surface area contributed by atoms with E-state index in [2.05, 4.69) is 127 Å². The lowest BCUT2D eigenvalue weighted by molar-refractivity contribution is 0.671. The van der Waals surface area contributed by atoms with Crippen molar-refractivity contribution in [2.24, 2.45) is 0 Å². The quantitative estimate of drug-likeness (QED) is 0.166. The Bertz CT molecular complexity index is 2880. The van der Waals surface area contributed by atoms with Gasteiger partial charge in [0, 0.05) is 38.6 Å². The van der Waals surface area contributed by atoms with Gasteiger partial charge in [0.05, 0.1) is 0 Å². The smallest absolute Gasteiger partial charge is 0.164 e. The molecule has 0 radical (unpaired) electrons. The van der Waals surface area contributed by atoms with Gasteiger partial charge in [-0.3, -0.25) is 0 Å². The highest BCUT2D eigenvalue weighted by Gasteiger charge is 2.22. The van der Waals surface area contributed by atoms with E-state index in [0.717, 1.165) is 66.4 Å². The molecule has 0 bridgehead atoms. The van der Waals surface area contributed by atoms with Crippen molar-refractivity contribution in [2.75, 3.05) is 0 Å². The molecule has 0 aliphatic heterocycles. The molecular formula is C51H33N3O. The molecule has 0 fully saturated rings. The molecule has 0 spiro atoms. The second-order valence-electron chi connectivity index (χ2n) is 13.6. The number of hydrogen-bond donors (Lipinski definition) is 0. The minimum absolute atomic E-state index is 0.590. The lowest BCUT2D eigenvalue weighted by Crippen LogP contribution is -2.00. The summed E-state index contributed by atoms with van der Waals surface area (Å²) in [6.07, 6.45) is 0. The SMILES string of the molecule is c1ccc(-c2cccc(-c3ccc(-c4cccc5c4oc4c(-c6ccccc6)ccc(-c6nc(-c7ccccc7)nc(-c7ccccc7)n6)c45)cc3)c2)cc1. The molecule has 0 saturated heterocycles. The highest BCUT2D eigenvalue weighted by atomic mass is 16.3. The second kappa shape index (κ2) is 13.8. The standard InChI is InChI=1S/C51H33N3O/c1-5-15-34(16-6-1)40-23-13-24-41(33-40)35-27-29-37(30-28-35)42-25-14-26-44-46-45(32-31-43(48(46)55-47(42)44)36-17-7-2-8-18-36)51-53-49(38-19-9-3-10-20-38)52-50(54-51)39-21-11-4-12-22-39/h1-33H. The summed E-state index contributed by atoms with van der Waals surface area (Å²) in [6.45, 7) is 0. The Kier molecular flexibility index (Phi) is 8.12. The molecule has 0 N–H and O–H groups in total. The molecule has 258 valence electrons. The number of aromatic nitrogens is 3. The van der Waals surface area contributed by atoms with Crippen molar-refractivity contribution in [2.45, 2.75) is 0 Å². The number of fused-ring (bicyclic) bond motifs is 3. The molecule has 0 atom stereocenters. The van der Waals surface area contributed by atoms with Crippen LogP contribution in [0.25, 0.3) is 101 Å². The Morgan fingerprint density at radius 3 is 1.29 bits per heavy atom. The fourth-order valence-corrected chi connectivity index (χ4v) is 7.44. The summed E-state index contributed by atoms with van der Waals surface area (Å²) >= 11 is 0. The van der Waals surface area contributed by atoms with Crippen molar-refractivity contribution >= 4 is 21.9 Å². The normalized spacial score (nSPS) is 11.3. The highest BCUT2D eigenvalue weighted by Crippen LogP contribution is 2.44. The first kappa shape index (κ1) is 32.2. The van der Waals surface area contributed by atoms with Gasteiger partial charge in [-0.1, -0.05) is 182 Å². The first-order valence-corrected chi connectivity index (χ1v) is 18.4. The number of nitrogens with zero attached hydrogens (tertiary/aromatic N) is 3. The topological polar surface area (TPSA) is 51.8 Å². The Hall–Kier alpha value is -7.43. The number of benzene rings is 8. The zero-order valence-electron chi connectivity index (χ0n) is 29.8. The molecule has 8 aromatic carbocycles. The van der Waals surface area contributed by atoms with Gasteiger partial charge >= 0.3 is 0 Å². The Labute approximate surface area is 319 Å². The van der Waals surface area contributed by atoms with Crippen LogP contribution in [0.5, 0.6) is 0 Å². The average Bonchev–Trinajstić information content (AvgIpc) is 3.67. The fraction of sp³-hybridized carbons (Fsp3) is 0. The zero-order chi connectivity index (χ0) is 36.6. The van der Waals surface area contributed by atoms with Crippen molar-refractivity contribution in [3.8, 4) is 78.7 Å². The lowest BCUT2D eigenvalue weighted by Gasteiger charge is -2.10. The van der Waals surface area contributed by atoms with E-state index in [1.807, 2.05) is 72.8 Å². The molecule has 0 saturated carbocycles. The molecule has 2 aromatic heterocycles. The maximum atomic E-state index is 7.02. The predicted octanol–water partition coefficient (Wildman–Crippen LogP) is 13.4. The fourth-order valence-electron chi connectivity index (χ4n) is 7.44. The Morgan fingerprint density at radius 1 is 0.273 bits per heavy atom. The van der Waals surface area contributed by atoms with E-state index in [1.165, 1.54) is 16.7 Å². The van der Waals surface area contributed by atoms with Gasteiger partial charge in [0.2, 0.25) is 0 Å². The monoisotopic (exact) mass is 703 g/mol. The van der Waals surface area contributed by atoms with Crippen LogP contribution in [0.2, 0.25) is 0 Å². The molecule has 10 aromatic rings. The maximum Gasteiger partial charge on any atom is 0.164 e. The van der Waals surface area contributed by atoms with E-state index < -0.39 is 0 Å². The van der Waals surface area contributed by atoms with Crippen LogP contribution in [-0.2, 0) is 0 Å². The third-order valence-corrected chi connectivity index (χ3v) is 10.2. The molecule has 4 nitrogen and oxygen atoms in total. The maximum absolute atomic E-state index is 7.02. The molecule has 0 aliphatic carbocycles. The summed E-state index contributed by atoms with van der Waals surface area (Å²) in [5.74, 6) is 1.83. The zero-order valence-corrected chi connectivity index (χ0v) is 29.8. The number of furan rings is 1. The van der Waals surface area contributed by atoms with Crippen LogP contribution in [0.3, 0.4) is 0 Å². The van der Waals surface area contributed by atoms with Crippen LogP contribution < -0.4 is 0 Å². The van der Waals surface area contributed by atoms with Crippen molar-refractivity contribution in [3.63, 3.8) is 0 Å². The molecule has 0 unspecified atom stereocenters. The number of rotatable bonds is 7. The minimum atomic E-state index is 0.590. The molecule has 2 heterocycles. The number of para-hydroxylation sites is 1. The minimum Gasteiger partial charge on any atom is -0.455 e. The molecule has 0 aliphatic rings. The lowest BCUT2D eigenvalue weighted by atomic mass is 9.95. The molecular weight excluding hydrogens is 671 g/mol. The van der Waals surface area contributed by atoms with Gasteiger partial charge in [-0.25, -0.2) is 15.0 Å². The highest BCUT2D eigenvalue weighted by molar-refractivity contribution is 6.18. The third kappa shape index (κ3) is 6.06. The van der Waals surface area contributed by atoms with E-state index >= 15 is 0 Å². The van der Waals surface area contributed by atoms with E-state index in [4.69, 9.17) is 19.4 Å². The predicted molar refractivity (Wildman–Crippen MR) is 225 cm³/mol. The van der Waals surface area contributed by atoms with Crippen LogP contribution in [0, 0.1) is 0 Å². The summed E-state index contributed by atoms with van der Waals surface area (Å²) in [7, 11) is 0. The summed E-state index contributed by atoms with van der Waals surface area (Å²) in [5.41, 5.74) is 13.3. The average molecular weight is 704 g/mol. The van der Waals surface area contributed by atoms with Crippen LogP contribution in [0.15, 0.2) is 205 Å². The van der Waals surface area contributed by atoms with Crippen LogP contribution in [0.4, 0.5) is 0 Å². The van der Waals surface area contributed by atoms with E-state index in [9.17, 15) is 0 Å². The summed E-state index contributed by atoms with van der Waals surface area (Å²) in [4.78, 5) is 15.2. The van der Waals surface area contributed by atoms with Gasteiger partial charge in [0.15, 0.2) is 17.5 Å². The van der Waals surface area contributed by atoms with Crippen LogP contribution in [0.1, 0.15) is 0 Å². The van der Waals surface area contributed by atoms with Crippen molar-refractivity contribution in [1.82, 2.24) is 15.0 Å². The van der Waals surface area contributed by atoms with Gasteiger partial charge in [0.25, 0.3) is 0 Å². The van der Waals surface area contributed by atoms with Crippen molar-refractivity contribution in [3.05, 3.63) is 200 Å². The third-order valence-electron chi connectivity index (χ3n) is 10.2. The molecule has 4 heteroatoms. The summed E-state index contributed by atoms with van der Waals surface area (Å²) < 4.78 is 7.02. The van der Waals surface area contributed by atoms with E-state index in [0.29, 0.717) is 17.5 Å². The van der Waals surface area contributed by atoms with Gasteiger partial charge in [0.1, 0.15) is 11.2 Å². The summed E-state index contributed by atoms with van der Waals surface area (Å²) in [6, 6.07) is 69.2. The van der Waals surface area contributed by atoms with E-state index in [1.54, 1.807) is 0 Å². The molecule has 10 rings (SSSR count). The Balaban J connectivity index is 1.15. The second-order valence-corrected chi connectivity index (χ2v) is 13.6. The van der Waals surface area contributed by atoms with Gasteiger partial charge in [-0.05, 0) is 51.6 Å². The van der Waals surface area contributed by atoms with Crippen LogP contribution >= 0.6 is 0 Å². The van der Waals surface area contributed by atoms with Crippen molar-refractivity contribution in [1.29, 1.82) is 0 Å². The van der Waals surface area contributed by atoms with Crippen molar-refractivity contribution < 1.29 is 4.42 Å². The van der Waals surface area contributed by atoms with Gasteiger partial charge in [-0.15, -0.1) is 0 Å². The summed E-state index contributed by atoms with van der Waals surface area (Å²) in [5, 5.41) is 1.97.